The Balaban J connectivity index is 1.85. The SMILES string of the molecule is CCC(Oc1cc2c(cc1CO)N=CNC2Cl)N1CCOCC1. The van der Waals surface area contributed by atoms with Crippen molar-refractivity contribution in [2.45, 2.75) is 31.7 Å². The van der Waals surface area contributed by atoms with Gasteiger partial charge in [0.1, 0.15) is 11.3 Å². The number of aliphatic imine (C=N–C) groups is 1. The molecular formula is C16H22ClN3O3. The summed E-state index contributed by atoms with van der Waals surface area (Å²) in [5.41, 5.74) is 2.00. The maximum absolute atomic E-state index is 9.67. The van der Waals surface area contributed by atoms with Crippen molar-refractivity contribution >= 4 is 23.6 Å². The van der Waals surface area contributed by atoms with Gasteiger partial charge >= 0.3 is 0 Å². The molecule has 0 amide bonds. The number of rotatable bonds is 5. The molecule has 2 heterocycles. The van der Waals surface area contributed by atoms with Gasteiger partial charge in [-0.1, -0.05) is 18.5 Å². The molecule has 0 radical (unpaired) electrons. The Labute approximate surface area is 141 Å². The first kappa shape index (κ1) is 16.5. The van der Waals surface area contributed by atoms with E-state index in [1.165, 1.54) is 0 Å². The summed E-state index contributed by atoms with van der Waals surface area (Å²) in [6.45, 7) is 5.13. The zero-order chi connectivity index (χ0) is 16.2. The molecule has 2 N–H and O–H groups in total. The number of morpholine rings is 1. The summed E-state index contributed by atoms with van der Waals surface area (Å²) in [5, 5.41) is 12.6. The van der Waals surface area contributed by atoms with Crippen LogP contribution in [0.15, 0.2) is 17.1 Å². The normalized spacial score (nSPS) is 22.3. The van der Waals surface area contributed by atoms with Crippen LogP contribution < -0.4 is 10.1 Å². The average Bonchev–Trinajstić information content (AvgIpc) is 2.60. The minimum Gasteiger partial charge on any atom is -0.475 e. The molecule has 2 atom stereocenters. The fourth-order valence-corrected chi connectivity index (χ4v) is 3.10. The maximum atomic E-state index is 9.67. The van der Waals surface area contributed by atoms with E-state index in [1.54, 1.807) is 6.34 Å². The van der Waals surface area contributed by atoms with E-state index < -0.39 is 0 Å². The van der Waals surface area contributed by atoms with Crippen molar-refractivity contribution < 1.29 is 14.6 Å². The number of benzene rings is 1. The monoisotopic (exact) mass is 339 g/mol. The van der Waals surface area contributed by atoms with Crippen LogP contribution in [0.3, 0.4) is 0 Å². The predicted molar refractivity (Wildman–Crippen MR) is 89.3 cm³/mol. The Hall–Kier alpha value is -1.34. The van der Waals surface area contributed by atoms with E-state index in [0.717, 1.165) is 49.5 Å². The lowest BCUT2D eigenvalue weighted by molar-refractivity contribution is -0.0474. The number of aliphatic hydroxyl groups is 1. The molecule has 2 aliphatic heterocycles. The van der Waals surface area contributed by atoms with Gasteiger partial charge in [0.25, 0.3) is 0 Å². The molecule has 1 fully saturated rings. The van der Waals surface area contributed by atoms with Crippen LogP contribution in [0.5, 0.6) is 5.75 Å². The topological polar surface area (TPSA) is 66.3 Å². The number of alkyl halides is 1. The fraction of sp³-hybridized carbons (Fsp3) is 0.562. The second kappa shape index (κ2) is 7.49. The third-order valence-corrected chi connectivity index (χ3v) is 4.50. The van der Waals surface area contributed by atoms with Crippen LogP contribution in [-0.4, -0.2) is 48.9 Å². The molecule has 1 aromatic rings. The smallest absolute Gasteiger partial charge is 0.152 e. The minimum absolute atomic E-state index is 0.0453. The lowest BCUT2D eigenvalue weighted by Crippen LogP contribution is -2.46. The summed E-state index contributed by atoms with van der Waals surface area (Å²) in [5.74, 6) is 0.661. The number of hydrogen-bond donors (Lipinski definition) is 2. The van der Waals surface area contributed by atoms with Crippen LogP contribution in [0, 0.1) is 0 Å². The van der Waals surface area contributed by atoms with Crippen molar-refractivity contribution in [2.24, 2.45) is 4.99 Å². The molecule has 2 aliphatic rings. The van der Waals surface area contributed by atoms with Crippen LogP contribution in [0.2, 0.25) is 0 Å². The largest absolute Gasteiger partial charge is 0.475 e. The molecule has 6 nitrogen and oxygen atoms in total. The number of fused-ring (bicyclic) bond motifs is 1. The molecular weight excluding hydrogens is 318 g/mol. The lowest BCUT2D eigenvalue weighted by Gasteiger charge is -2.34. The van der Waals surface area contributed by atoms with Gasteiger partial charge in [0.05, 0.1) is 31.8 Å². The third kappa shape index (κ3) is 3.61. The van der Waals surface area contributed by atoms with Crippen LogP contribution in [0.4, 0.5) is 5.69 Å². The first-order valence-corrected chi connectivity index (χ1v) is 8.35. The van der Waals surface area contributed by atoms with Gasteiger partial charge in [-0.05, 0) is 18.6 Å². The van der Waals surface area contributed by atoms with E-state index in [2.05, 4.69) is 22.1 Å². The highest BCUT2D eigenvalue weighted by molar-refractivity contribution is 6.21. The molecule has 0 aliphatic carbocycles. The lowest BCUT2D eigenvalue weighted by atomic mass is 10.1. The van der Waals surface area contributed by atoms with Gasteiger partial charge in [0, 0.05) is 24.2 Å². The van der Waals surface area contributed by atoms with E-state index in [-0.39, 0.29) is 18.3 Å². The first-order valence-electron chi connectivity index (χ1n) is 7.91. The van der Waals surface area contributed by atoms with E-state index in [0.29, 0.717) is 5.75 Å². The van der Waals surface area contributed by atoms with Crippen molar-refractivity contribution in [1.29, 1.82) is 0 Å². The Morgan fingerprint density at radius 3 is 2.96 bits per heavy atom. The van der Waals surface area contributed by atoms with Crippen LogP contribution in [0.1, 0.15) is 30.0 Å². The summed E-state index contributed by atoms with van der Waals surface area (Å²) in [4.78, 5) is 6.53. The van der Waals surface area contributed by atoms with Gasteiger partial charge in [-0.3, -0.25) is 4.90 Å². The average molecular weight is 340 g/mol. The molecule has 23 heavy (non-hydrogen) atoms. The highest BCUT2D eigenvalue weighted by Crippen LogP contribution is 2.37. The fourth-order valence-electron chi connectivity index (χ4n) is 2.87. The van der Waals surface area contributed by atoms with Crippen LogP contribution in [0.25, 0.3) is 0 Å². The van der Waals surface area contributed by atoms with Gasteiger partial charge in [-0.2, -0.15) is 0 Å². The number of ether oxygens (including phenoxy) is 2. The zero-order valence-electron chi connectivity index (χ0n) is 13.2. The number of hydrogen-bond acceptors (Lipinski definition) is 6. The van der Waals surface area contributed by atoms with E-state index in [4.69, 9.17) is 21.1 Å². The molecule has 0 aromatic heterocycles. The molecule has 0 spiro atoms. The predicted octanol–water partition coefficient (Wildman–Crippen LogP) is 2.13. The summed E-state index contributed by atoms with van der Waals surface area (Å²) in [7, 11) is 0. The molecule has 7 heteroatoms. The third-order valence-electron chi connectivity index (χ3n) is 4.14. The highest BCUT2D eigenvalue weighted by atomic mass is 35.5. The number of nitrogens with zero attached hydrogens (tertiary/aromatic N) is 2. The standard InChI is InChI=1S/C16H22ClN3O3/c1-2-15(20-3-5-22-6-4-20)23-14-8-12-13(7-11(14)9-21)18-10-19-16(12)17/h7-8,10,15-16,21H,2-6,9H2,1H3,(H,18,19). The summed E-state index contributed by atoms with van der Waals surface area (Å²) < 4.78 is 11.6. The van der Waals surface area contributed by atoms with E-state index >= 15 is 0 Å². The van der Waals surface area contributed by atoms with Gasteiger partial charge in [0.15, 0.2) is 6.23 Å². The second-order valence-corrected chi connectivity index (χ2v) is 6.03. The Bertz CT molecular complexity index is 576. The Morgan fingerprint density at radius 1 is 1.48 bits per heavy atom. The number of halogens is 1. The quantitative estimate of drug-likeness (QED) is 0.635. The first-order chi connectivity index (χ1) is 11.2. The van der Waals surface area contributed by atoms with Crippen LogP contribution in [-0.2, 0) is 11.3 Å². The molecule has 1 saturated heterocycles. The second-order valence-electron chi connectivity index (χ2n) is 5.59. The number of aliphatic hydroxyl groups excluding tert-OH is 1. The molecule has 0 saturated carbocycles. The Morgan fingerprint density at radius 2 is 2.26 bits per heavy atom. The minimum atomic E-state index is -0.346. The van der Waals surface area contributed by atoms with Crippen molar-refractivity contribution in [3.63, 3.8) is 0 Å². The van der Waals surface area contributed by atoms with Gasteiger partial charge in [-0.15, -0.1) is 0 Å². The van der Waals surface area contributed by atoms with Crippen molar-refractivity contribution in [1.82, 2.24) is 10.2 Å². The van der Waals surface area contributed by atoms with Crippen molar-refractivity contribution in [3.8, 4) is 5.75 Å². The van der Waals surface area contributed by atoms with Crippen molar-refractivity contribution in [2.75, 3.05) is 26.3 Å². The summed E-state index contributed by atoms with van der Waals surface area (Å²) in [6.07, 6.45) is 2.38. The van der Waals surface area contributed by atoms with Gasteiger partial charge in [0.2, 0.25) is 0 Å². The van der Waals surface area contributed by atoms with Gasteiger partial charge < -0.3 is 19.9 Å². The molecule has 0 bridgehead atoms. The zero-order valence-corrected chi connectivity index (χ0v) is 13.9. The molecule has 3 rings (SSSR count). The highest BCUT2D eigenvalue weighted by Gasteiger charge is 2.24. The maximum Gasteiger partial charge on any atom is 0.152 e. The van der Waals surface area contributed by atoms with E-state index in [1.807, 2.05) is 12.1 Å². The molecule has 1 aromatic carbocycles. The number of nitrogens with one attached hydrogen (secondary N) is 1. The summed E-state index contributed by atoms with van der Waals surface area (Å²) in [6, 6.07) is 3.72. The summed E-state index contributed by atoms with van der Waals surface area (Å²) >= 11 is 6.29. The van der Waals surface area contributed by atoms with Gasteiger partial charge in [-0.25, -0.2) is 4.99 Å². The Kier molecular flexibility index (Phi) is 5.38. The van der Waals surface area contributed by atoms with E-state index in [9.17, 15) is 5.11 Å². The molecule has 126 valence electrons. The van der Waals surface area contributed by atoms with Crippen molar-refractivity contribution in [3.05, 3.63) is 23.3 Å². The molecule has 2 unspecified atom stereocenters. The van der Waals surface area contributed by atoms with Crippen LogP contribution >= 0.6 is 11.6 Å².